The van der Waals surface area contributed by atoms with Crippen molar-refractivity contribution >= 4 is 21.5 Å². The Hall–Kier alpha value is -0.830. The summed E-state index contributed by atoms with van der Waals surface area (Å²) in [5, 5.41) is 0. The van der Waals surface area contributed by atoms with Crippen LogP contribution in [0, 0.1) is 5.92 Å². The van der Waals surface area contributed by atoms with E-state index in [0.29, 0.717) is 12.5 Å². The Kier molecular flexibility index (Phi) is 3.87. The molecular weight excluding hydrogens is 278 g/mol. The van der Waals surface area contributed by atoms with Crippen molar-refractivity contribution in [2.45, 2.75) is 33.1 Å². The van der Waals surface area contributed by atoms with E-state index in [1.807, 2.05) is 6.92 Å². The first-order valence-corrected chi connectivity index (χ1v) is 6.98. The summed E-state index contributed by atoms with van der Waals surface area (Å²) in [6, 6.07) is 2.12. The molecule has 0 atom stereocenters. The van der Waals surface area contributed by atoms with E-state index in [2.05, 4.69) is 40.5 Å². The van der Waals surface area contributed by atoms with Gasteiger partial charge in [-0.2, -0.15) is 0 Å². The number of rotatable bonds is 5. The van der Waals surface area contributed by atoms with Crippen LogP contribution in [0.15, 0.2) is 17.2 Å². The highest BCUT2D eigenvalue weighted by molar-refractivity contribution is 9.10. The van der Waals surface area contributed by atoms with E-state index in [-0.39, 0.29) is 0 Å². The van der Waals surface area contributed by atoms with Crippen LogP contribution in [-0.4, -0.2) is 11.6 Å². The van der Waals surface area contributed by atoms with E-state index in [9.17, 15) is 0 Å². The molecule has 17 heavy (non-hydrogen) atoms. The van der Waals surface area contributed by atoms with Gasteiger partial charge >= 0.3 is 0 Å². The lowest BCUT2D eigenvalue weighted by Gasteiger charge is -2.13. The van der Waals surface area contributed by atoms with Gasteiger partial charge in [-0.05, 0) is 65.2 Å². The fraction of sp³-hybridized carbons (Fsp3) is 0.500. The summed E-state index contributed by atoms with van der Waals surface area (Å²) in [4.78, 5) is 4.55. The first-order valence-electron chi connectivity index (χ1n) is 6.18. The predicted molar refractivity (Wildman–Crippen MR) is 74.2 cm³/mol. The highest BCUT2D eigenvalue weighted by Crippen LogP contribution is 2.41. The van der Waals surface area contributed by atoms with Crippen LogP contribution < -0.4 is 4.74 Å². The highest BCUT2D eigenvalue weighted by Gasteiger charge is 2.27. The Morgan fingerprint density at radius 1 is 1.53 bits per heavy atom. The van der Waals surface area contributed by atoms with Gasteiger partial charge in [0.2, 0.25) is 0 Å². The minimum Gasteiger partial charge on any atom is -0.491 e. The molecule has 3 heteroatoms. The molecule has 0 bridgehead atoms. The summed E-state index contributed by atoms with van der Waals surface area (Å²) in [6.45, 7) is 8.94. The molecule has 0 saturated heterocycles. The second kappa shape index (κ2) is 5.21. The molecule has 1 aromatic heterocycles. The standard InChI is InChI=1S/C14H18BrNO/c1-4-10-8-12(9(3)11-6-7-11)16-14(15)13(10)17-5-2/h8,11H,3-7H2,1-2H3. The van der Waals surface area contributed by atoms with Crippen LogP contribution in [-0.2, 0) is 6.42 Å². The number of hydrogen-bond donors (Lipinski definition) is 0. The van der Waals surface area contributed by atoms with Crippen LogP contribution in [0.3, 0.4) is 0 Å². The zero-order valence-electron chi connectivity index (χ0n) is 10.4. The molecule has 0 N–H and O–H groups in total. The lowest BCUT2D eigenvalue weighted by molar-refractivity contribution is 0.333. The van der Waals surface area contributed by atoms with Crippen molar-refractivity contribution in [1.29, 1.82) is 0 Å². The Balaban J connectivity index is 2.36. The van der Waals surface area contributed by atoms with E-state index in [4.69, 9.17) is 4.74 Å². The maximum atomic E-state index is 5.63. The lowest BCUT2D eigenvalue weighted by atomic mass is 10.1. The van der Waals surface area contributed by atoms with Crippen LogP contribution in [0.2, 0.25) is 0 Å². The SMILES string of the molecule is C=C(c1cc(CC)c(OCC)c(Br)n1)C1CC1. The summed E-state index contributed by atoms with van der Waals surface area (Å²) in [5.74, 6) is 1.53. The van der Waals surface area contributed by atoms with Crippen molar-refractivity contribution in [1.82, 2.24) is 4.98 Å². The van der Waals surface area contributed by atoms with Crippen molar-refractivity contribution in [2.75, 3.05) is 6.61 Å². The largest absolute Gasteiger partial charge is 0.491 e. The van der Waals surface area contributed by atoms with E-state index >= 15 is 0 Å². The molecule has 1 fully saturated rings. The van der Waals surface area contributed by atoms with Crippen molar-refractivity contribution in [3.63, 3.8) is 0 Å². The van der Waals surface area contributed by atoms with Crippen LogP contribution in [0.5, 0.6) is 5.75 Å². The number of aryl methyl sites for hydroxylation is 1. The van der Waals surface area contributed by atoms with E-state index in [1.165, 1.54) is 24.0 Å². The summed E-state index contributed by atoms with van der Waals surface area (Å²) in [5.41, 5.74) is 3.38. The number of halogens is 1. The number of pyridine rings is 1. The fourth-order valence-electron chi connectivity index (χ4n) is 1.92. The minimum absolute atomic E-state index is 0.650. The number of ether oxygens (including phenoxy) is 1. The van der Waals surface area contributed by atoms with E-state index < -0.39 is 0 Å². The van der Waals surface area contributed by atoms with Crippen molar-refractivity contribution in [3.05, 3.63) is 28.5 Å². The van der Waals surface area contributed by atoms with Crippen molar-refractivity contribution < 1.29 is 4.74 Å². The summed E-state index contributed by atoms with van der Waals surface area (Å²) in [7, 11) is 0. The molecule has 1 aliphatic carbocycles. The third-order valence-electron chi connectivity index (χ3n) is 3.08. The summed E-state index contributed by atoms with van der Waals surface area (Å²) < 4.78 is 6.43. The Bertz CT molecular complexity index is 438. The summed E-state index contributed by atoms with van der Waals surface area (Å²) >= 11 is 3.50. The van der Waals surface area contributed by atoms with Crippen molar-refractivity contribution in [3.8, 4) is 5.75 Å². The first kappa shape index (κ1) is 12.6. The van der Waals surface area contributed by atoms with Crippen LogP contribution in [0.1, 0.15) is 37.9 Å². The van der Waals surface area contributed by atoms with Crippen LogP contribution in [0.4, 0.5) is 0 Å². The van der Waals surface area contributed by atoms with Gasteiger partial charge in [0.1, 0.15) is 4.60 Å². The third kappa shape index (κ3) is 2.71. The number of nitrogens with zero attached hydrogens (tertiary/aromatic N) is 1. The molecule has 0 unspecified atom stereocenters. The highest BCUT2D eigenvalue weighted by atomic mass is 79.9. The van der Waals surface area contributed by atoms with Gasteiger partial charge in [0.25, 0.3) is 0 Å². The smallest absolute Gasteiger partial charge is 0.155 e. The van der Waals surface area contributed by atoms with Crippen LogP contribution in [0.25, 0.3) is 5.57 Å². The molecule has 92 valence electrons. The second-order valence-corrected chi connectivity index (χ2v) is 5.12. The maximum Gasteiger partial charge on any atom is 0.155 e. The molecule has 0 aromatic carbocycles. The van der Waals surface area contributed by atoms with Gasteiger partial charge in [0, 0.05) is 0 Å². The van der Waals surface area contributed by atoms with Gasteiger partial charge in [-0.15, -0.1) is 0 Å². The molecule has 1 aromatic rings. The number of aromatic nitrogens is 1. The van der Waals surface area contributed by atoms with E-state index in [1.54, 1.807) is 0 Å². The molecule has 1 aliphatic rings. The molecule has 1 heterocycles. The molecule has 2 rings (SSSR count). The fourth-order valence-corrected chi connectivity index (χ4v) is 2.48. The Labute approximate surface area is 111 Å². The average molecular weight is 296 g/mol. The van der Waals surface area contributed by atoms with Crippen molar-refractivity contribution in [2.24, 2.45) is 5.92 Å². The van der Waals surface area contributed by atoms with Gasteiger partial charge in [-0.25, -0.2) is 4.98 Å². The third-order valence-corrected chi connectivity index (χ3v) is 3.61. The van der Waals surface area contributed by atoms with E-state index in [0.717, 1.165) is 22.5 Å². The molecule has 0 aliphatic heterocycles. The molecule has 1 saturated carbocycles. The Morgan fingerprint density at radius 2 is 2.24 bits per heavy atom. The minimum atomic E-state index is 0.650. The topological polar surface area (TPSA) is 22.1 Å². The monoisotopic (exact) mass is 295 g/mol. The molecule has 2 nitrogen and oxygen atoms in total. The second-order valence-electron chi connectivity index (χ2n) is 4.37. The Morgan fingerprint density at radius 3 is 2.76 bits per heavy atom. The van der Waals surface area contributed by atoms with Gasteiger partial charge in [0.05, 0.1) is 12.3 Å². The quantitative estimate of drug-likeness (QED) is 0.759. The maximum absolute atomic E-state index is 5.63. The zero-order chi connectivity index (χ0) is 12.4. The van der Waals surface area contributed by atoms with Gasteiger partial charge in [-0.1, -0.05) is 13.5 Å². The molecule has 0 radical (unpaired) electrons. The normalized spacial score (nSPS) is 14.8. The number of hydrogen-bond acceptors (Lipinski definition) is 2. The molecule has 0 amide bonds. The summed E-state index contributed by atoms with van der Waals surface area (Å²) in [6.07, 6.45) is 3.46. The predicted octanol–water partition coefficient (Wildman–Crippen LogP) is 4.23. The lowest BCUT2D eigenvalue weighted by Crippen LogP contribution is -2.01. The first-order chi connectivity index (χ1) is 8.17. The zero-order valence-corrected chi connectivity index (χ0v) is 12.0. The van der Waals surface area contributed by atoms with Crippen LogP contribution >= 0.6 is 15.9 Å². The number of allylic oxidation sites excluding steroid dienone is 1. The van der Waals surface area contributed by atoms with Gasteiger partial charge < -0.3 is 4.74 Å². The molecular formula is C14H18BrNO. The van der Waals surface area contributed by atoms with Gasteiger partial charge in [0.15, 0.2) is 5.75 Å². The molecule has 0 spiro atoms. The van der Waals surface area contributed by atoms with Gasteiger partial charge in [-0.3, -0.25) is 0 Å². The average Bonchev–Trinajstić information content (AvgIpc) is 3.14.